The SMILES string of the molecule is CC/C=C\C/C=C\C/C=C\CCCCCCC(=O)OC(COC(=O)CCC/C=C\C/C=C\C/C=C\CCCCCCCC)COC(=O)CCCCC/C=C\CCCCCCCCC. The van der Waals surface area contributed by atoms with Gasteiger partial charge in [-0.2, -0.15) is 0 Å². The number of esters is 3. The van der Waals surface area contributed by atoms with Gasteiger partial charge in [-0.1, -0.05) is 196 Å². The minimum absolute atomic E-state index is 0.110. The van der Waals surface area contributed by atoms with Crippen molar-refractivity contribution in [2.75, 3.05) is 13.2 Å². The lowest BCUT2D eigenvalue weighted by Gasteiger charge is -2.18. The van der Waals surface area contributed by atoms with Gasteiger partial charge in [-0.15, -0.1) is 0 Å². The highest BCUT2D eigenvalue weighted by Gasteiger charge is 2.19. The highest BCUT2D eigenvalue weighted by atomic mass is 16.6. The third kappa shape index (κ3) is 49.5. The Morgan fingerprint density at radius 3 is 1.06 bits per heavy atom. The van der Waals surface area contributed by atoms with Crippen molar-refractivity contribution in [2.45, 2.75) is 245 Å². The number of hydrogen-bond acceptors (Lipinski definition) is 6. The molecule has 0 fully saturated rings. The normalized spacial score (nSPS) is 12.7. The molecule has 0 spiro atoms. The monoisotopic (exact) mass is 877 g/mol. The van der Waals surface area contributed by atoms with Crippen molar-refractivity contribution in [3.8, 4) is 0 Å². The van der Waals surface area contributed by atoms with E-state index in [4.69, 9.17) is 14.2 Å². The molecule has 0 saturated heterocycles. The highest BCUT2D eigenvalue weighted by molar-refractivity contribution is 5.71. The Morgan fingerprint density at radius 1 is 0.333 bits per heavy atom. The number of hydrogen-bond donors (Lipinski definition) is 0. The number of ether oxygens (including phenoxy) is 3. The van der Waals surface area contributed by atoms with E-state index < -0.39 is 6.10 Å². The molecule has 0 heterocycles. The van der Waals surface area contributed by atoms with Gasteiger partial charge in [0.05, 0.1) is 0 Å². The summed E-state index contributed by atoms with van der Waals surface area (Å²) >= 11 is 0. The van der Waals surface area contributed by atoms with Gasteiger partial charge >= 0.3 is 17.9 Å². The predicted molar refractivity (Wildman–Crippen MR) is 270 cm³/mol. The van der Waals surface area contributed by atoms with Crippen molar-refractivity contribution in [1.82, 2.24) is 0 Å². The lowest BCUT2D eigenvalue weighted by molar-refractivity contribution is -0.167. The molecule has 0 aromatic heterocycles. The second-order valence-electron chi connectivity index (χ2n) is 17.0. The van der Waals surface area contributed by atoms with Gasteiger partial charge < -0.3 is 14.2 Å². The molecular formula is C57H96O6. The van der Waals surface area contributed by atoms with E-state index in [0.29, 0.717) is 12.8 Å². The molecule has 6 nitrogen and oxygen atoms in total. The zero-order chi connectivity index (χ0) is 45.8. The number of unbranched alkanes of at least 4 members (excludes halogenated alkanes) is 21. The molecule has 360 valence electrons. The Morgan fingerprint density at radius 2 is 0.635 bits per heavy atom. The van der Waals surface area contributed by atoms with Crippen molar-refractivity contribution in [3.63, 3.8) is 0 Å². The fourth-order valence-corrected chi connectivity index (χ4v) is 6.94. The van der Waals surface area contributed by atoms with Crippen LogP contribution in [-0.2, 0) is 28.6 Å². The molecule has 0 aliphatic rings. The maximum absolute atomic E-state index is 12.8. The van der Waals surface area contributed by atoms with Crippen LogP contribution in [0.3, 0.4) is 0 Å². The van der Waals surface area contributed by atoms with Crippen molar-refractivity contribution < 1.29 is 28.6 Å². The van der Waals surface area contributed by atoms with E-state index in [1.54, 1.807) is 0 Å². The van der Waals surface area contributed by atoms with Crippen LogP contribution in [-0.4, -0.2) is 37.2 Å². The Bertz CT molecular complexity index is 1240. The van der Waals surface area contributed by atoms with Crippen LogP contribution < -0.4 is 0 Å². The van der Waals surface area contributed by atoms with E-state index in [1.165, 1.54) is 89.9 Å². The summed E-state index contributed by atoms with van der Waals surface area (Å²) in [7, 11) is 0. The van der Waals surface area contributed by atoms with Crippen molar-refractivity contribution in [2.24, 2.45) is 0 Å². The Labute approximate surface area is 388 Å². The highest BCUT2D eigenvalue weighted by Crippen LogP contribution is 2.13. The van der Waals surface area contributed by atoms with Gasteiger partial charge in [0.15, 0.2) is 6.10 Å². The molecular weight excluding hydrogens is 781 g/mol. The zero-order valence-corrected chi connectivity index (χ0v) is 41.1. The van der Waals surface area contributed by atoms with Crippen LogP contribution in [0, 0.1) is 0 Å². The lowest BCUT2D eigenvalue weighted by atomic mass is 10.1. The Kier molecular flexibility index (Phi) is 48.5. The standard InChI is InChI=1S/C57H96O6/c1-4-7-10-13-16-19-22-25-28-29-30-33-35-38-41-44-47-50-56(59)62-53-54(63-57(60)51-48-45-42-39-36-32-27-24-21-18-15-12-9-6-3)52-61-55(58)49-46-43-40-37-34-31-26-23-20-17-14-11-8-5-2/h9,12,18,21,25,27-28,30-34,38,41,54H,4-8,10-11,13-17,19-20,22-24,26,29,35-37,39-40,42-53H2,1-3H3/b12-9-,21-18-,28-25-,32-27-,33-30-,34-31-,41-38-. The molecule has 1 unspecified atom stereocenters. The molecule has 0 radical (unpaired) electrons. The van der Waals surface area contributed by atoms with Crippen LogP contribution in [0.15, 0.2) is 85.1 Å². The molecule has 0 saturated carbocycles. The van der Waals surface area contributed by atoms with Crippen LogP contribution in [0.2, 0.25) is 0 Å². The molecule has 0 amide bonds. The first-order valence-electron chi connectivity index (χ1n) is 26.1. The lowest BCUT2D eigenvalue weighted by Crippen LogP contribution is -2.30. The molecule has 0 aliphatic heterocycles. The molecule has 0 rings (SSSR count). The van der Waals surface area contributed by atoms with Crippen LogP contribution in [0.25, 0.3) is 0 Å². The summed E-state index contributed by atoms with van der Waals surface area (Å²) in [5.41, 5.74) is 0. The average Bonchev–Trinajstić information content (AvgIpc) is 3.28. The van der Waals surface area contributed by atoms with Gasteiger partial charge in [-0.3, -0.25) is 14.4 Å². The summed E-state index contributed by atoms with van der Waals surface area (Å²) < 4.78 is 16.7. The van der Waals surface area contributed by atoms with E-state index in [9.17, 15) is 14.4 Å². The van der Waals surface area contributed by atoms with Crippen molar-refractivity contribution in [3.05, 3.63) is 85.1 Å². The molecule has 0 bridgehead atoms. The Balaban J connectivity index is 4.51. The van der Waals surface area contributed by atoms with Crippen LogP contribution in [0.5, 0.6) is 0 Å². The van der Waals surface area contributed by atoms with Gasteiger partial charge in [0.2, 0.25) is 0 Å². The first kappa shape index (κ1) is 59.6. The van der Waals surface area contributed by atoms with Crippen molar-refractivity contribution in [1.29, 1.82) is 0 Å². The summed E-state index contributed by atoms with van der Waals surface area (Å²) in [6.45, 7) is 6.43. The second-order valence-corrected chi connectivity index (χ2v) is 17.0. The summed E-state index contributed by atoms with van der Waals surface area (Å²) in [5, 5.41) is 0. The van der Waals surface area contributed by atoms with Gasteiger partial charge in [0.25, 0.3) is 0 Å². The molecule has 0 aromatic carbocycles. The van der Waals surface area contributed by atoms with Gasteiger partial charge in [0, 0.05) is 19.3 Å². The van der Waals surface area contributed by atoms with Crippen LogP contribution in [0.4, 0.5) is 0 Å². The van der Waals surface area contributed by atoms with Crippen LogP contribution in [0.1, 0.15) is 239 Å². The maximum atomic E-state index is 12.8. The quantitative estimate of drug-likeness (QED) is 0.0262. The number of allylic oxidation sites excluding steroid dienone is 14. The molecule has 6 heteroatoms. The predicted octanol–water partition coefficient (Wildman–Crippen LogP) is 17.2. The summed E-state index contributed by atoms with van der Waals surface area (Å²) in [6, 6.07) is 0. The minimum atomic E-state index is -0.814. The fraction of sp³-hybridized carbons (Fsp3) is 0.702. The van der Waals surface area contributed by atoms with E-state index >= 15 is 0 Å². The first-order chi connectivity index (χ1) is 31.0. The summed E-state index contributed by atoms with van der Waals surface area (Å²) in [6.07, 6.45) is 65.7. The second kappa shape index (κ2) is 51.2. The van der Waals surface area contributed by atoms with E-state index in [-0.39, 0.29) is 44.0 Å². The number of carbonyl (C=O) groups excluding carboxylic acids is 3. The summed E-state index contributed by atoms with van der Waals surface area (Å²) in [5.74, 6) is -1.00. The van der Waals surface area contributed by atoms with Gasteiger partial charge in [-0.25, -0.2) is 0 Å². The van der Waals surface area contributed by atoms with E-state index in [2.05, 4.69) is 106 Å². The number of rotatable bonds is 46. The van der Waals surface area contributed by atoms with Gasteiger partial charge in [0.1, 0.15) is 13.2 Å². The van der Waals surface area contributed by atoms with Crippen LogP contribution >= 0.6 is 0 Å². The zero-order valence-electron chi connectivity index (χ0n) is 41.1. The largest absolute Gasteiger partial charge is 0.462 e. The van der Waals surface area contributed by atoms with Gasteiger partial charge in [-0.05, 0) is 109 Å². The van der Waals surface area contributed by atoms with E-state index in [0.717, 1.165) is 103 Å². The minimum Gasteiger partial charge on any atom is -0.462 e. The molecule has 63 heavy (non-hydrogen) atoms. The van der Waals surface area contributed by atoms with Crippen molar-refractivity contribution >= 4 is 17.9 Å². The Hall–Kier alpha value is -3.41. The summed E-state index contributed by atoms with van der Waals surface area (Å²) in [4.78, 5) is 37.9. The number of carbonyl (C=O) groups is 3. The smallest absolute Gasteiger partial charge is 0.306 e. The molecule has 1 atom stereocenters. The average molecular weight is 877 g/mol. The third-order valence-electron chi connectivity index (χ3n) is 10.9. The molecule has 0 N–H and O–H groups in total. The van der Waals surface area contributed by atoms with E-state index in [1.807, 2.05) is 0 Å². The fourth-order valence-electron chi connectivity index (χ4n) is 6.94. The topological polar surface area (TPSA) is 78.9 Å². The molecule has 0 aliphatic carbocycles. The first-order valence-corrected chi connectivity index (χ1v) is 26.1. The maximum Gasteiger partial charge on any atom is 0.306 e. The third-order valence-corrected chi connectivity index (χ3v) is 10.9. The molecule has 0 aromatic rings.